The van der Waals surface area contributed by atoms with Gasteiger partial charge in [0.2, 0.25) is 5.28 Å². The van der Waals surface area contributed by atoms with Gasteiger partial charge in [0.15, 0.2) is 0 Å². The quantitative estimate of drug-likeness (QED) is 0.859. The number of nitrogens with zero attached hydrogens (tertiary/aromatic N) is 2. The molecule has 2 aromatic heterocycles. The van der Waals surface area contributed by atoms with Crippen LogP contribution in [0, 0.1) is 0 Å². The van der Waals surface area contributed by atoms with E-state index < -0.39 is 0 Å². The summed E-state index contributed by atoms with van der Waals surface area (Å²) in [6, 6.07) is 2.04. The zero-order valence-electron chi connectivity index (χ0n) is 7.58. The average molecular weight is 260 g/mol. The highest BCUT2D eigenvalue weighted by Gasteiger charge is 2.03. The van der Waals surface area contributed by atoms with Gasteiger partial charge < -0.3 is 5.32 Å². The molecule has 1 N–H and O–H groups in total. The molecule has 0 amide bonds. The van der Waals surface area contributed by atoms with Crippen LogP contribution in [0.1, 0.15) is 5.56 Å². The lowest BCUT2D eigenvalue weighted by Gasteiger charge is -2.05. The molecule has 0 aromatic carbocycles. The molecule has 3 nitrogen and oxygen atoms in total. The molecule has 0 bridgehead atoms. The largest absolute Gasteiger partial charge is 0.365 e. The van der Waals surface area contributed by atoms with Gasteiger partial charge >= 0.3 is 0 Å². The molecule has 0 aliphatic heterocycles. The molecule has 0 spiro atoms. The molecular weight excluding hydrogens is 253 g/mol. The molecule has 0 saturated carbocycles. The maximum absolute atomic E-state index is 5.89. The van der Waals surface area contributed by atoms with Crippen molar-refractivity contribution in [1.82, 2.24) is 9.97 Å². The van der Waals surface area contributed by atoms with E-state index in [1.807, 2.05) is 11.4 Å². The van der Waals surface area contributed by atoms with Crippen molar-refractivity contribution in [3.8, 4) is 0 Å². The Morgan fingerprint density at radius 1 is 1.40 bits per heavy atom. The van der Waals surface area contributed by atoms with Gasteiger partial charge in [0.25, 0.3) is 0 Å². The number of hydrogen-bond donors (Lipinski definition) is 1. The molecule has 0 atom stereocenters. The Balaban J connectivity index is 2.07. The summed E-state index contributed by atoms with van der Waals surface area (Å²) in [5.74, 6) is 0.558. The first-order chi connectivity index (χ1) is 7.25. The minimum absolute atomic E-state index is 0.187. The van der Waals surface area contributed by atoms with Gasteiger partial charge in [-0.1, -0.05) is 11.6 Å². The Kier molecular flexibility index (Phi) is 3.41. The van der Waals surface area contributed by atoms with Crippen molar-refractivity contribution >= 4 is 40.4 Å². The standard InChI is InChI=1S/C9H7Cl2N3S/c10-7-4-13-9(11)14-8(7)12-3-6-1-2-15-5-6/h1-2,4-5H,3H2,(H,12,13,14). The Morgan fingerprint density at radius 2 is 2.27 bits per heavy atom. The van der Waals surface area contributed by atoms with E-state index in [0.29, 0.717) is 17.4 Å². The van der Waals surface area contributed by atoms with Crippen molar-refractivity contribution in [2.45, 2.75) is 6.54 Å². The molecular formula is C9H7Cl2N3S. The van der Waals surface area contributed by atoms with E-state index in [4.69, 9.17) is 23.2 Å². The molecule has 78 valence electrons. The lowest BCUT2D eigenvalue weighted by Crippen LogP contribution is -2.01. The molecule has 2 heterocycles. The Morgan fingerprint density at radius 3 is 3.00 bits per heavy atom. The van der Waals surface area contributed by atoms with Crippen LogP contribution >= 0.6 is 34.5 Å². The minimum Gasteiger partial charge on any atom is -0.365 e. The second kappa shape index (κ2) is 4.79. The number of thiophene rings is 1. The van der Waals surface area contributed by atoms with E-state index in [1.165, 1.54) is 11.8 Å². The molecule has 0 fully saturated rings. The first-order valence-electron chi connectivity index (χ1n) is 4.18. The third kappa shape index (κ3) is 2.81. The number of anilines is 1. The van der Waals surface area contributed by atoms with Crippen molar-refractivity contribution in [1.29, 1.82) is 0 Å². The van der Waals surface area contributed by atoms with E-state index in [9.17, 15) is 0 Å². The highest BCUT2D eigenvalue weighted by atomic mass is 35.5. The Labute approximate surface area is 101 Å². The zero-order valence-corrected chi connectivity index (χ0v) is 9.90. The topological polar surface area (TPSA) is 37.8 Å². The first-order valence-corrected chi connectivity index (χ1v) is 5.88. The number of nitrogens with one attached hydrogen (secondary N) is 1. The molecule has 6 heteroatoms. The third-order valence-corrected chi connectivity index (χ3v) is 2.95. The minimum atomic E-state index is 0.187. The highest BCUT2D eigenvalue weighted by molar-refractivity contribution is 7.07. The molecule has 0 aliphatic rings. The summed E-state index contributed by atoms with van der Waals surface area (Å²) in [5.41, 5.74) is 1.19. The van der Waals surface area contributed by atoms with Crippen LogP contribution in [0.5, 0.6) is 0 Å². The Bertz CT molecular complexity index is 445. The smallest absolute Gasteiger partial charge is 0.224 e. The van der Waals surface area contributed by atoms with E-state index >= 15 is 0 Å². The third-order valence-electron chi connectivity index (χ3n) is 1.75. The van der Waals surface area contributed by atoms with Crippen LogP contribution < -0.4 is 5.32 Å². The monoisotopic (exact) mass is 259 g/mol. The van der Waals surface area contributed by atoms with Gasteiger partial charge in [0.1, 0.15) is 10.8 Å². The van der Waals surface area contributed by atoms with Crippen molar-refractivity contribution in [3.63, 3.8) is 0 Å². The van der Waals surface area contributed by atoms with E-state index in [-0.39, 0.29) is 5.28 Å². The van der Waals surface area contributed by atoms with Crippen molar-refractivity contribution in [2.24, 2.45) is 0 Å². The van der Waals surface area contributed by atoms with Crippen LogP contribution in [0.15, 0.2) is 23.0 Å². The molecule has 0 saturated heterocycles. The SMILES string of the molecule is Clc1ncc(Cl)c(NCc2ccsc2)n1. The molecule has 0 aliphatic carbocycles. The summed E-state index contributed by atoms with van der Waals surface area (Å²) in [6.45, 7) is 0.677. The van der Waals surface area contributed by atoms with Crippen LogP contribution in [0.25, 0.3) is 0 Å². The number of hydrogen-bond acceptors (Lipinski definition) is 4. The van der Waals surface area contributed by atoms with Gasteiger partial charge in [-0.2, -0.15) is 16.3 Å². The van der Waals surface area contributed by atoms with E-state index in [2.05, 4.69) is 20.7 Å². The summed E-state index contributed by atoms with van der Waals surface area (Å²) in [7, 11) is 0. The first kappa shape index (κ1) is 10.7. The van der Waals surface area contributed by atoms with Gasteiger partial charge in [-0.3, -0.25) is 0 Å². The van der Waals surface area contributed by atoms with Gasteiger partial charge in [0, 0.05) is 6.54 Å². The average Bonchev–Trinajstić information content (AvgIpc) is 2.72. The summed E-state index contributed by atoms with van der Waals surface area (Å²) < 4.78 is 0. The van der Waals surface area contributed by atoms with Crippen molar-refractivity contribution < 1.29 is 0 Å². The molecule has 2 aromatic rings. The van der Waals surface area contributed by atoms with Crippen LogP contribution in [-0.2, 0) is 6.54 Å². The van der Waals surface area contributed by atoms with Gasteiger partial charge in [-0.15, -0.1) is 0 Å². The predicted octanol–water partition coefficient (Wildman–Crippen LogP) is 3.46. The van der Waals surface area contributed by atoms with Gasteiger partial charge in [-0.25, -0.2) is 4.98 Å². The second-order valence-electron chi connectivity index (χ2n) is 2.82. The maximum atomic E-state index is 5.89. The normalized spacial score (nSPS) is 10.3. The van der Waals surface area contributed by atoms with Crippen molar-refractivity contribution in [2.75, 3.05) is 5.32 Å². The summed E-state index contributed by atoms with van der Waals surface area (Å²) in [5, 5.41) is 7.83. The fraction of sp³-hybridized carbons (Fsp3) is 0.111. The number of halogens is 2. The zero-order chi connectivity index (χ0) is 10.7. The molecule has 2 rings (SSSR count). The highest BCUT2D eigenvalue weighted by Crippen LogP contribution is 2.20. The van der Waals surface area contributed by atoms with E-state index in [1.54, 1.807) is 11.3 Å². The Hall–Kier alpha value is -0.840. The van der Waals surface area contributed by atoms with Crippen LogP contribution in [0.3, 0.4) is 0 Å². The number of aromatic nitrogens is 2. The van der Waals surface area contributed by atoms with Crippen molar-refractivity contribution in [3.05, 3.63) is 38.9 Å². The van der Waals surface area contributed by atoms with Gasteiger partial charge in [0.05, 0.1) is 6.20 Å². The van der Waals surface area contributed by atoms with Crippen LogP contribution in [0.4, 0.5) is 5.82 Å². The van der Waals surface area contributed by atoms with E-state index in [0.717, 1.165) is 0 Å². The summed E-state index contributed by atoms with van der Waals surface area (Å²) >= 11 is 13.2. The lowest BCUT2D eigenvalue weighted by molar-refractivity contribution is 1.09. The molecule has 0 unspecified atom stereocenters. The lowest BCUT2D eigenvalue weighted by atomic mass is 10.3. The fourth-order valence-electron chi connectivity index (χ4n) is 1.05. The molecule has 15 heavy (non-hydrogen) atoms. The summed E-state index contributed by atoms with van der Waals surface area (Å²) in [6.07, 6.45) is 1.48. The van der Waals surface area contributed by atoms with Crippen LogP contribution in [0.2, 0.25) is 10.3 Å². The predicted molar refractivity (Wildman–Crippen MR) is 63.7 cm³/mol. The fourth-order valence-corrected chi connectivity index (χ4v) is 2.01. The second-order valence-corrected chi connectivity index (χ2v) is 4.35. The summed E-state index contributed by atoms with van der Waals surface area (Å²) in [4.78, 5) is 7.76. The van der Waals surface area contributed by atoms with Gasteiger partial charge in [-0.05, 0) is 34.0 Å². The maximum Gasteiger partial charge on any atom is 0.224 e. The van der Waals surface area contributed by atoms with Crippen LogP contribution in [-0.4, -0.2) is 9.97 Å². The molecule has 0 radical (unpaired) electrons. The number of rotatable bonds is 3.